The molecule has 4 nitrogen and oxygen atoms in total. The molecule has 0 heterocycles. The highest BCUT2D eigenvalue weighted by Gasteiger charge is 2.24. The molecule has 0 aromatic heterocycles. The van der Waals surface area contributed by atoms with Crippen molar-refractivity contribution in [3.63, 3.8) is 0 Å². The average molecular weight is 236 g/mol. The predicted octanol–water partition coefficient (Wildman–Crippen LogP) is 2.07. The number of fused-ring (bicyclic) bond motifs is 1. The second-order valence-corrected chi connectivity index (χ2v) is 4.13. The lowest BCUT2D eigenvalue weighted by Crippen LogP contribution is -2.10. The zero-order valence-corrected chi connectivity index (χ0v) is 10.1. The third-order valence-electron chi connectivity index (χ3n) is 3.21. The van der Waals surface area contributed by atoms with Crippen LogP contribution in [0.15, 0.2) is 6.07 Å². The van der Waals surface area contributed by atoms with Crippen LogP contribution >= 0.6 is 0 Å². The van der Waals surface area contributed by atoms with E-state index in [1.807, 2.05) is 0 Å². The van der Waals surface area contributed by atoms with Crippen molar-refractivity contribution in [3.8, 4) is 11.5 Å². The van der Waals surface area contributed by atoms with Gasteiger partial charge in [0.1, 0.15) is 17.1 Å². The number of benzene rings is 1. The van der Waals surface area contributed by atoms with E-state index in [2.05, 4.69) is 4.74 Å². The van der Waals surface area contributed by atoms with E-state index in [1.165, 1.54) is 7.11 Å². The van der Waals surface area contributed by atoms with Gasteiger partial charge in [0.2, 0.25) is 0 Å². The smallest absolute Gasteiger partial charge is 0.341 e. The zero-order chi connectivity index (χ0) is 12.4. The number of ether oxygens (including phenoxy) is 2. The minimum atomic E-state index is -0.533. The maximum Gasteiger partial charge on any atom is 0.341 e. The van der Waals surface area contributed by atoms with Gasteiger partial charge in [0, 0.05) is 11.1 Å². The molecule has 0 amide bonds. The van der Waals surface area contributed by atoms with Crippen LogP contribution in [0.2, 0.25) is 0 Å². The normalized spacial score (nSPS) is 14.0. The molecular weight excluding hydrogens is 220 g/mol. The molecule has 1 aliphatic rings. The Bertz CT molecular complexity index is 451. The van der Waals surface area contributed by atoms with Crippen LogP contribution in [0, 0.1) is 0 Å². The van der Waals surface area contributed by atoms with Gasteiger partial charge >= 0.3 is 5.97 Å². The Morgan fingerprint density at radius 2 is 1.88 bits per heavy atom. The molecule has 0 radical (unpaired) electrons. The molecule has 0 fully saturated rings. The Kier molecular flexibility index (Phi) is 3.22. The van der Waals surface area contributed by atoms with Crippen molar-refractivity contribution in [1.82, 2.24) is 0 Å². The largest absolute Gasteiger partial charge is 0.507 e. The second-order valence-electron chi connectivity index (χ2n) is 4.13. The third-order valence-corrected chi connectivity index (χ3v) is 3.21. The van der Waals surface area contributed by atoms with Crippen LogP contribution in [0.3, 0.4) is 0 Å². The van der Waals surface area contributed by atoms with Gasteiger partial charge < -0.3 is 14.6 Å². The van der Waals surface area contributed by atoms with Crippen molar-refractivity contribution in [2.45, 2.75) is 25.7 Å². The molecule has 4 heteroatoms. The van der Waals surface area contributed by atoms with Crippen molar-refractivity contribution in [2.24, 2.45) is 0 Å². The van der Waals surface area contributed by atoms with Crippen LogP contribution in [0.1, 0.15) is 34.3 Å². The standard InChI is InChI=1S/C13H16O4/c1-16-11-7-10(13(15)17-2)12(14)9-6-4-3-5-8(9)11/h7,14H,3-6H2,1-2H3. The van der Waals surface area contributed by atoms with E-state index in [-0.39, 0.29) is 11.3 Å². The van der Waals surface area contributed by atoms with Gasteiger partial charge in [-0.15, -0.1) is 0 Å². The number of phenols is 1. The molecule has 0 unspecified atom stereocenters. The minimum absolute atomic E-state index is 0.0485. The van der Waals surface area contributed by atoms with Gasteiger partial charge in [0.05, 0.1) is 14.2 Å². The summed E-state index contributed by atoms with van der Waals surface area (Å²) in [6.45, 7) is 0. The van der Waals surface area contributed by atoms with Crippen LogP contribution in [-0.2, 0) is 17.6 Å². The summed E-state index contributed by atoms with van der Waals surface area (Å²) in [6.07, 6.45) is 3.77. The van der Waals surface area contributed by atoms with Crippen LogP contribution in [0.5, 0.6) is 11.5 Å². The van der Waals surface area contributed by atoms with Crippen molar-refractivity contribution in [2.75, 3.05) is 14.2 Å². The molecule has 92 valence electrons. The summed E-state index contributed by atoms with van der Waals surface area (Å²) in [5, 5.41) is 10.1. The van der Waals surface area contributed by atoms with Crippen LogP contribution < -0.4 is 4.74 Å². The summed E-state index contributed by atoms with van der Waals surface area (Å²) in [4.78, 5) is 11.6. The molecule has 17 heavy (non-hydrogen) atoms. The Morgan fingerprint density at radius 3 is 2.47 bits per heavy atom. The predicted molar refractivity (Wildman–Crippen MR) is 62.6 cm³/mol. The number of carbonyl (C=O) groups is 1. The number of carbonyl (C=O) groups excluding carboxylic acids is 1. The average Bonchev–Trinajstić information content (AvgIpc) is 2.39. The number of rotatable bonds is 2. The first-order chi connectivity index (χ1) is 8.19. The van der Waals surface area contributed by atoms with Gasteiger partial charge in [-0.05, 0) is 31.7 Å². The molecule has 0 atom stereocenters. The monoisotopic (exact) mass is 236 g/mol. The molecule has 1 aromatic rings. The van der Waals surface area contributed by atoms with E-state index < -0.39 is 5.97 Å². The van der Waals surface area contributed by atoms with Crippen molar-refractivity contribution in [1.29, 1.82) is 0 Å². The third kappa shape index (κ3) is 1.95. The fourth-order valence-electron chi connectivity index (χ4n) is 2.34. The quantitative estimate of drug-likeness (QED) is 0.799. The lowest BCUT2D eigenvalue weighted by molar-refractivity contribution is 0.0596. The summed E-state index contributed by atoms with van der Waals surface area (Å²) in [7, 11) is 2.87. The van der Waals surface area contributed by atoms with Gasteiger partial charge in [-0.25, -0.2) is 4.79 Å². The Labute approximate surface area is 100 Å². The molecule has 0 saturated heterocycles. The molecule has 2 rings (SSSR count). The lowest BCUT2D eigenvalue weighted by Gasteiger charge is -2.21. The molecule has 0 spiro atoms. The lowest BCUT2D eigenvalue weighted by atomic mass is 9.88. The first-order valence-corrected chi connectivity index (χ1v) is 5.69. The van der Waals surface area contributed by atoms with Crippen LogP contribution in [-0.4, -0.2) is 25.3 Å². The summed E-state index contributed by atoms with van der Waals surface area (Å²) < 4.78 is 9.94. The van der Waals surface area contributed by atoms with Crippen molar-refractivity contribution < 1.29 is 19.4 Å². The Balaban J connectivity index is 2.60. The number of hydrogen-bond acceptors (Lipinski definition) is 4. The number of aromatic hydroxyl groups is 1. The summed E-state index contributed by atoms with van der Waals surface area (Å²) in [5.74, 6) is 0.180. The van der Waals surface area contributed by atoms with E-state index in [9.17, 15) is 9.90 Å². The van der Waals surface area contributed by atoms with Gasteiger partial charge in [-0.3, -0.25) is 0 Å². The van der Waals surface area contributed by atoms with Crippen molar-refractivity contribution in [3.05, 3.63) is 22.8 Å². The summed E-state index contributed by atoms with van der Waals surface area (Å²) >= 11 is 0. The van der Waals surface area contributed by atoms with E-state index in [0.717, 1.165) is 36.8 Å². The maximum atomic E-state index is 11.6. The molecule has 1 aromatic carbocycles. The fourth-order valence-corrected chi connectivity index (χ4v) is 2.34. The number of esters is 1. The summed E-state index contributed by atoms with van der Waals surface area (Å²) in [6, 6.07) is 1.56. The molecule has 0 bridgehead atoms. The Morgan fingerprint density at radius 1 is 1.24 bits per heavy atom. The highest BCUT2D eigenvalue weighted by atomic mass is 16.5. The van der Waals surface area contributed by atoms with E-state index in [0.29, 0.717) is 5.75 Å². The highest BCUT2D eigenvalue weighted by molar-refractivity contribution is 5.93. The first kappa shape index (κ1) is 11.8. The number of hydrogen-bond donors (Lipinski definition) is 1. The SMILES string of the molecule is COC(=O)c1cc(OC)c2c(c1O)CCCC2. The van der Waals surface area contributed by atoms with Crippen LogP contribution in [0.25, 0.3) is 0 Å². The topological polar surface area (TPSA) is 55.8 Å². The molecular formula is C13H16O4. The van der Waals surface area contributed by atoms with Crippen LogP contribution in [0.4, 0.5) is 0 Å². The molecule has 0 saturated carbocycles. The van der Waals surface area contributed by atoms with Gasteiger partial charge in [0.25, 0.3) is 0 Å². The Hall–Kier alpha value is -1.71. The van der Waals surface area contributed by atoms with E-state index in [1.54, 1.807) is 13.2 Å². The van der Waals surface area contributed by atoms with Crippen molar-refractivity contribution >= 4 is 5.97 Å². The molecule has 1 aliphatic carbocycles. The zero-order valence-electron chi connectivity index (χ0n) is 10.1. The summed E-state index contributed by atoms with van der Waals surface area (Å²) in [5.41, 5.74) is 2.03. The second kappa shape index (κ2) is 4.65. The number of phenolic OH excluding ortho intramolecular Hbond substituents is 1. The van der Waals surface area contributed by atoms with Gasteiger partial charge in [-0.1, -0.05) is 0 Å². The van der Waals surface area contributed by atoms with Gasteiger partial charge in [-0.2, -0.15) is 0 Å². The van der Waals surface area contributed by atoms with E-state index in [4.69, 9.17) is 4.74 Å². The fraction of sp³-hybridized carbons (Fsp3) is 0.462. The van der Waals surface area contributed by atoms with E-state index >= 15 is 0 Å². The first-order valence-electron chi connectivity index (χ1n) is 5.69. The maximum absolute atomic E-state index is 11.6. The number of methoxy groups -OCH3 is 2. The van der Waals surface area contributed by atoms with Gasteiger partial charge in [0.15, 0.2) is 0 Å². The molecule has 0 aliphatic heterocycles. The molecule has 1 N–H and O–H groups in total. The highest BCUT2D eigenvalue weighted by Crippen LogP contribution is 2.38. The minimum Gasteiger partial charge on any atom is -0.507 e.